The molecule has 4 heteroatoms. The van der Waals surface area contributed by atoms with Gasteiger partial charge in [0.15, 0.2) is 0 Å². The Hall–Kier alpha value is -2.07. The largest absolute Gasteiger partial charge is 0.497 e. The summed E-state index contributed by atoms with van der Waals surface area (Å²) in [5, 5.41) is 10.3. The molecule has 0 unspecified atom stereocenters. The maximum Gasteiger partial charge on any atom is 0.128 e. The molecule has 0 fully saturated rings. The highest BCUT2D eigenvalue weighted by Crippen LogP contribution is 2.32. The lowest BCUT2D eigenvalue weighted by atomic mass is 10.0. The Labute approximate surface area is 111 Å². The molecule has 0 saturated carbocycles. The van der Waals surface area contributed by atoms with Gasteiger partial charge in [0.25, 0.3) is 0 Å². The number of ether oxygens (including phenoxy) is 2. The predicted octanol–water partition coefficient (Wildman–Crippen LogP) is 2.92. The number of rotatable bonds is 4. The first-order valence-electron chi connectivity index (χ1n) is 5.81. The number of hydrogen-bond acceptors (Lipinski definition) is 3. The van der Waals surface area contributed by atoms with E-state index in [-0.39, 0.29) is 5.82 Å². The summed E-state index contributed by atoms with van der Waals surface area (Å²) in [6.07, 6.45) is -0.948. The zero-order chi connectivity index (χ0) is 13.8. The topological polar surface area (TPSA) is 38.7 Å². The van der Waals surface area contributed by atoms with Crippen molar-refractivity contribution >= 4 is 0 Å². The first-order chi connectivity index (χ1) is 9.15. The van der Waals surface area contributed by atoms with Gasteiger partial charge in [-0.2, -0.15) is 0 Å². The van der Waals surface area contributed by atoms with Crippen molar-refractivity contribution in [1.29, 1.82) is 0 Å². The molecule has 0 bridgehead atoms. The van der Waals surface area contributed by atoms with Crippen LogP contribution < -0.4 is 9.47 Å². The molecule has 0 aliphatic carbocycles. The molecule has 3 nitrogen and oxygen atoms in total. The van der Waals surface area contributed by atoms with Crippen LogP contribution in [0, 0.1) is 5.82 Å². The fraction of sp³-hybridized carbons (Fsp3) is 0.200. The average molecular weight is 262 g/mol. The van der Waals surface area contributed by atoms with E-state index in [1.165, 1.54) is 19.2 Å². The molecule has 1 atom stereocenters. The summed E-state index contributed by atoms with van der Waals surface area (Å²) in [6, 6.07) is 11.0. The van der Waals surface area contributed by atoms with E-state index in [0.29, 0.717) is 22.6 Å². The smallest absolute Gasteiger partial charge is 0.128 e. The highest BCUT2D eigenvalue weighted by atomic mass is 19.1. The fourth-order valence-corrected chi connectivity index (χ4v) is 1.90. The number of halogens is 1. The van der Waals surface area contributed by atoms with E-state index >= 15 is 0 Å². The molecule has 100 valence electrons. The Morgan fingerprint density at radius 1 is 1.05 bits per heavy atom. The standard InChI is InChI=1S/C15H15FO3/c1-18-12-6-7-13(14(9-12)19-2)15(17)10-4-3-5-11(16)8-10/h3-9,15,17H,1-2H3/t15-/m1/s1. The molecule has 1 N–H and O–H groups in total. The third kappa shape index (κ3) is 2.85. The van der Waals surface area contributed by atoms with Crippen LogP contribution >= 0.6 is 0 Å². The molecule has 0 aliphatic rings. The van der Waals surface area contributed by atoms with Crippen LogP contribution in [-0.4, -0.2) is 19.3 Å². The zero-order valence-corrected chi connectivity index (χ0v) is 10.8. The van der Waals surface area contributed by atoms with Gasteiger partial charge in [0, 0.05) is 11.6 Å². The van der Waals surface area contributed by atoms with E-state index in [2.05, 4.69) is 0 Å². The number of methoxy groups -OCH3 is 2. The van der Waals surface area contributed by atoms with Gasteiger partial charge in [0.05, 0.1) is 14.2 Å². The molecule has 0 spiro atoms. The Balaban J connectivity index is 2.40. The SMILES string of the molecule is COc1ccc([C@H](O)c2cccc(F)c2)c(OC)c1. The van der Waals surface area contributed by atoms with Crippen molar-refractivity contribution in [2.45, 2.75) is 6.10 Å². The molecule has 0 amide bonds. The quantitative estimate of drug-likeness (QED) is 0.920. The zero-order valence-electron chi connectivity index (χ0n) is 10.8. The molecular formula is C15H15FO3. The summed E-state index contributed by atoms with van der Waals surface area (Å²) in [7, 11) is 3.06. The van der Waals surface area contributed by atoms with Crippen molar-refractivity contribution < 1.29 is 19.0 Å². The molecule has 2 rings (SSSR count). The Bertz CT molecular complexity index is 569. The van der Waals surface area contributed by atoms with Gasteiger partial charge in [-0.1, -0.05) is 12.1 Å². The van der Waals surface area contributed by atoms with Crippen LogP contribution in [0.4, 0.5) is 4.39 Å². The summed E-state index contributed by atoms with van der Waals surface area (Å²) in [6.45, 7) is 0. The van der Waals surface area contributed by atoms with E-state index in [4.69, 9.17) is 9.47 Å². The molecule has 0 aromatic heterocycles. The number of aliphatic hydroxyl groups excluding tert-OH is 1. The summed E-state index contributed by atoms with van der Waals surface area (Å²) in [5.41, 5.74) is 1.04. The Kier molecular flexibility index (Phi) is 4.02. The first-order valence-corrected chi connectivity index (χ1v) is 5.81. The van der Waals surface area contributed by atoms with Gasteiger partial charge in [0.1, 0.15) is 23.4 Å². The lowest BCUT2D eigenvalue weighted by Crippen LogP contribution is -2.03. The van der Waals surface area contributed by atoms with Crippen molar-refractivity contribution in [3.05, 3.63) is 59.4 Å². The van der Waals surface area contributed by atoms with Gasteiger partial charge < -0.3 is 14.6 Å². The fourth-order valence-electron chi connectivity index (χ4n) is 1.90. The minimum absolute atomic E-state index is 0.385. The van der Waals surface area contributed by atoms with E-state index in [1.54, 1.807) is 37.4 Å². The molecule has 2 aromatic carbocycles. The van der Waals surface area contributed by atoms with Gasteiger partial charge in [0.2, 0.25) is 0 Å². The van der Waals surface area contributed by atoms with E-state index in [0.717, 1.165) is 0 Å². The summed E-state index contributed by atoms with van der Waals surface area (Å²) in [5.74, 6) is 0.743. The number of benzene rings is 2. The monoisotopic (exact) mass is 262 g/mol. The highest BCUT2D eigenvalue weighted by molar-refractivity contribution is 5.45. The molecule has 0 radical (unpaired) electrons. The maximum atomic E-state index is 13.2. The third-order valence-electron chi connectivity index (χ3n) is 2.90. The normalized spacial score (nSPS) is 12.0. The van der Waals surface area contributed by atoms with Gasteiger partial charge >= 0.3 is 0 Å². The van der Waals surface area contributed by atoms with Crippen molar-refractivity contribution in [1.82, 2.24) is 0 Å². The van der Waals surface area contributed by atoms with Crippen LogP contribution in [0.1, 0.15) is 17.2 Å². The van der Waals surface area contributed by atoms with Crippen molar-refractivity contribution in [2.75, 3.05) is 14.2 Å². The summed E-state index contributed by atoms with van der Waals surface area (Å²) >= 11 is 0. The summed E-state index contributed by atoms with van der Waals surface area (Å²) in [4.78, 5) is 0. The van der Waals surface area contributed by atoms with Gasteiger partial charge in [-0.15, -0.1) is 0 Å². The van der Waals surface area contributed by atoms with Crippen molar-refractivity contribution in [3.8, 4) is 11.5 Å². The number of hydrogen-bond donors (Lipinski definition) is 1. The van der Waals surface area contributed by atoms with E-state index in [1.807, 2.05) is 0 Å². The lowest BCUT2D eigenvalue weighted by Gasteiger charge is -2.16. The van der Waals surface area contributed by atoms with Crippen LogP contribution in [0.25, 0.3) is 0 Å². The molecule has 2 aromatic rings. The van der Waals surface area contributed by atoms with Gasteiger partial charge in [-0.3, -0.25) is 0 Å². The van der Waals surface area contributed by atoms with Crippen LogP contribution in [0.15, 0.2) is 42.5 Å². The third-order valence-corrected chi connectivity index (χ3v) is 2.90. The van der Waals surface area contributed by atoms with Crippen LogP contribution in [0.2, 0.25) is 0 Å². The Morgan fingerprint density at radius 2 is 1.84 bits per heavy atom. The molecule has 0 heterocycles. The minimum Gasteiger partial charge on any atom is -0.497 e. The van der Waals surface area contributed by atoms with E-state index < -0.39 is 6.10 Å². The predicted molar refractivity (Wildman–Crippen MR) is 70.0 cm³/mol. The van der Waals surface area contributed by atoms with Crippen molar-refractivity contribution in [3.63, 3.8) is 0 Å². The highest BCUT2D eigenvalue weighted by Gasteiger charge is 2.16. The molecular weight excluding hydrogens is 247 g/mol. The average Bonchev–Trinajstić information content (AvgIpc) is 2.45. The maximum absolute atomic E-state index is 13.2. The number of aliphatic hydroxyl groups is 1. The second-order valence-corrected chi connectivity index (χ2v) is 4.07. The van der Waals surface area contributed by atoms with Crippen LogP contribution in [0.5, 0.6) is 11.5 Å². The molecule has 0 aliphatic heterocycles. The lowest BCUT2D eigenvalue weighted by molar-refractivity contribution is 0.214. The van der Waals surface area contributed by atoms with Gasteiger partial charge in [-0.05, 0) is 29.8 Å². The van der Waals surface area contributed by atoms with Crippen LogP contribution in [0.3, 0.4) is 0 Å². The van der Waals surface area contributed by atoms with E-state index in [9.17, 15) is 9.50 Å². The van der Waals surface area contributed by atoms with Gasteiger partial charge in [-0.25, -0.2) is 4.39 Å². The van der Waals surface area contributed by atoms with Crippen molar-refractivity contribution in [2.24, 2.45) is 0 Å². The van der Waals surface area contributed by atoms with Crippen LogP contribution in [-0.2, 0) is 0 Å². The molecule has 19 heavy (non-hydrogen) atoms. The molecule has 0 saturated heterocycles. The first kappa shape index (κ1) is 13.4. The second-order valence-electron chi connectivity index (χ2n) is 4.07. The summed E-state index contributed by atoms with van der Waals surface area (Å²) < 4.78 is 23.5. The second kappa shape index (κ2) is 5.71. The minimum atomic E-state index is -0.948. The Morgan fingerprint density at radius 3 is 2.47 bits per heavy atom.